The van der Waals surface area contributed by atoms with Gasteiger partial charge < -0.3 is 5.32 Å². The maximum atomic E-state index is 4.50. The molecular weight excluding hydrogens is 258 g/mol. The van der Waals surface area contributed by atoms with Gasteiger partial charge in [-0.1, -0.05) is 6.42 Å². The Hall–Kier alpha value is -0.830. The van der Waals surface area contributed by atoms with Crippen molar-refractivity contribution >= 4 is 0 Å². The van der Waals surface area contributed by atoms with Crippen molar-refractivity contribution in [1.82, 2.24) is 15.1 Å². The Balaban J connectivity index is 1.35. The molecule has 0 amide bonds. The lowest BCUT2D eigenvalue weighted by Crippen LogP contribution is -2.42. The summed E-state index contributed by atoms with van der Waals surface area (Å²) >= 11 is 0. The minimum absolute atomic E-state index is 0.576. The minimum Gasteiger partial charge on any atom is -0.307 e. The number of nitrogens with zero attached hydrogens (tertiary/aromatic N) is 2. The normalized spacial score (nSPS) is 44.0. The average molecular weight is 285 g/mol. The van der Waals surface area contributed by atoms with Gasteiger partial charge in [0.2, 0.25) is 0 Å². The summed E-state index contributed by atoms with van der Waals surface area (Å²) in [7, 11) is 2.10. The van der Waals surface area contributed by atoms with Crippen molar-refractivity contribution in [3.63, 3.8) is 0 Å². The largest absolute Gasteiger partial charge is 0.307 e. The van der Waals surface area contributed by atoms with Gasteiger partial charge in [-0.25, -0.2) is 0 Å². The van der Waals surface area contributed by atoms with Gasteiger partial charge in [-0.2, -0.15) is 5.10 Å². The van der Waals surface area contributed by atoms with Crippen LogP contribution in [0.5, 0.6) is 0 Å². The lowest BCUT2D eigenvalue weighted by Gasteiger charge is -2.36. The Morgan fingerprint density at radius 2 is 2.00 bits per heavy atom. The van der Waals surface area contributed by atoms with Crippen LogP contribution < -0.4 is 5.32 Å². The molecule has 21 heavy (non-hydrogen) atoms. The van der Waals surface area contributed by atoms with Crippen LogP contribution >= 0.6 is 0 Å². The number of aromatic nitrogens is 2. The predicted octanol–water partition coefficient (Wildman–Crippen LogP) is 3.21. The second kappa shape index (κ2) is 4.58. The molecule has 3 saturated carbocycles. The van der Waals surface area contributed by atoms with E-state index in [1.54, 1.807) is 0 Å². The maximum Gasteiger partial charge on any atom is 0.0540 e. The second-order valence-corrected chi connectivity index (χ2v) is 8.04. The third kappa shape index (κ3) is 1.79. The number of hydrogen-bond acceptors (Lipinski definition) is 2. The zero-order chi connectivity index (χ0) is 14.0. The molecule has 0 spiro atoms. The summed E-state index contributed by atoms with van der Waals surface area (Å²) in [6.45, 7) is 0. The summed E-state index contributed by atoms with van der Waals surface area (Å²) < 4.78 is 2.09. The average Bonchev–Trinajstić information content (AvgIpc) is 3.20. The first kappa shape index (κ1) is 12.7. The van der Waals surface area contributed by atoms with Crippen LogP contribution in [-0.2, 0) is 13.5 Å². The van der Waals surface area contributed by atoms with Crippen molar-refractivity contribution in [3.05, 3.63) is 17.5 Å². The fourth-order valence-electron chi connectivity index (χ4n) is 6.40. The molecule has 6 unspecified atom stereocenters. The number of nitrogens with one attached hydrogen (secondary N) is 1. The van der Waals surface area contributed by atoms with E-state index in [-0.39, 0.29) is 0 Å². The maximum absolute atomic E-state index is 4.50. The van der Waals surface area contributed by atoms with Gasteiger partial charge in [0.25, 0.3) is 0 Å². The molecule has 4 aliphatic carbocycles. The van der Waals surface area contributed by atoms with Gasteiger partial charge in [0.1, 0.15) is 0 Å². The standard InChI is InChI=1S/C18H27N3/c1-21-18-7-3-6-16(15(18)10-19-21)20-17-9-11-8-14(17)13-5-2-4-12(11)13/h10-14,16-17,20H,2-9H2,1H3. The van der Waals surface area contributed by atoms with E-state index in [0.717, 1.165) is 29.7 Å². The van der Waals surface area contributed by atoms with Gasteiger partial charge in [0.05, 0.1) is 6.20 Å². The number of fused-ring (bicyclic) bond motifs is 6. The topological polar surface area (TPSA) is 29.9 Å². The molecule has 3 nitrogen and oxygen atoms in total. The zero-order valence-electron chi connectivity index (χ0n) is 13.1. The van der Waals surface area contributed by atoms with E-state index < -0.39 is 0 Å². The van der Waals surface area contributed by atoms with Gasteiger partial charge in [-0.15, -0.1) is 0 Å². The number of hydrogen-bond donors (Lipinski definition) is 1. The summed E-state index contributed by atoms with van der Waals surface area (Å²) in [5, 5.41) is 8.58. The van der Waals surface area contributed by atoms with Crippen LogP contribution in [0, 0.1) is 23.7 Å². The summed E-state index contributed by atoms with van der Waals surface area (Å²) in [6.07, 6.45) is 13.5. The Morgan fingerprint density at radius 1 is 1.10 bits per heavy atom. The van der Waals surface area contributed by atoms with Gasteiger partial charge in [0, 0.05) is 30.4 Å². The van der Waals surface area contributed by atoms with E-state index in [1.165, 1.54) is 62.6 Å². The van der Waals surface area contributed by atoms with Gasteiger partial charge in [0.15, 0.2) is 0 Å². The molecule has 114 valence electrons. The van der Waals surface area contributed by atoms with Gasteiger partial charge >= 0.3 is 0 Å². The first-order valence-corrected chi connectivity index (χ1v) is 9.08. The van der Waals surface area contributed by atoms with Crippen molar-refractivity contribution < 1.29 is 0 Å². The van der Waals surface area contributed by atoms with Crippen LogP contribution in [0.1, 0.15) is 62.2 Å². The third-order valence-corrected chi connectivity index (χ3v) is 7.22. The van der Waals surface area contributed by atoms with E-state index in [2.05, 4.69) is 28.3 Å². The van der Waals surface area contributed by atoms with Crippen molar-refractivity contribution in [1.29, 1.82) is 0 Å². The summed E-state index contributed by atoms with van der Waals surface area (Å²) in [6, 6.07) is 1.37. The quantitative estimate of drug-likeness (QED) is 0.904. The SMILES string of the molecule is Cn1ncc2c1CCCC2NC1CC2CC1C1CCCC21. The first-order chi connectivity index (χ1) is 10.3. The first-order valence-electron chi connectivity index (χ1n) is 9.08. The van der Waals surface area contributed by atoms with E-state index in [9.17, 15) is 0 Å². The molecule has 0 radical (unpaired) electrons. The smallest absolute Gasteiger partial charge is 0.0540 e. The highest BCUT2D eigenvalue weighted by molar-refractivity contribution is 5.25. The molecule has 3 fully saturated rings. The van der Waals surface area contributed by atoms with E-state index in [0.29, 0.717) is 6.04 Å². The van der Waals surface area contributed by atoms with Gasteiger partial charge in [-0.3, -0.25) is 4.68 Å². The highest BCUT2D eigenvalue weighted by Crippen LogP contribution is 2.59. The van der Waals surface area contributed by atoms with Crippen LogP contribution in [0.15, 0.2) is 6.20 Å². The molecular formula is C18H27N3. The molecule has 5 rings (SSSR count). The Morgan fingerprint density at radius 3 is 2.95 bits per heavy atom. The van der Waals surface area contributed by atoms with Crippen LogP contribution in [0.2, 0.25) is 0 Å². The van der Waals surface area contributed by atoms with Crippen LogP contribution in [0.25, 0.3) is 0 Å². The minimum atomic E-state index is 0.576. The highest BCUT2D eigenvalue weighted by atomic mass is 15.3. The molecule has 0 aromatic carbocycles. The third-order valence-electron chi connectivity index (χ3n) is 7.22. The molecule has 0 saturated heterocycles. The summed E-state index contributed by atoms with van der Waals surface area (Å²) in [4.78, 5) is 0. The molecule has 4 aliphatic rings. The van der Waals surface area contributed by atoms with Crippen molar-refractivity contribution in [2.45, 2.75) is 63.5 Å². The van der Waals surface area contributed by atoms with Crippen molar-refractivity contribution in [2.75, 3.05) is 0 Å². The summed E-state index contributed by atoms with van der Waals surface area (Å²) in [5.74, 6) is 4.22. The summed E-state index contributed by atoms with van der Waals surface area (Å²) in [5.41, 5.74) is 2.97. The van der Waals surface area contributed by atoms with Crippen LogP contribution in [0.3, 0.4) is 0 Å². The highest BCUT2D eigenvalue weighted by Gasteiger charge is 2.54. The molecule has 0 aliphatic heterocycles. The lowest BCUT2D eigenvalue weighted by molar-refractivity contribution is 0.194. The van der Waals surface area contributed by atoms with Gasteiger partial charge in [-0.05, 0) is 68.6 Å². The Bertz CT molecular complexity index is 549. The molecule has 1 aromatic rings. The molecule has 1 N–H and O–H groups in total. The molecule has 1 aromatic heterocycles. The Labute approximate surface area is 127 Å². The monoisotopic (exact) mass is 285 g/mol. The molecule has 1 heterocycles. The zero-order valence-corrected chi connectivity index (χ0v) is 13.1. The number of aryl methyl sites for hydroxylation is 1. The predicted molar refractivity (Wildman–Crippen MR) is 82.9 cm³/mol. The lowest BCUT2D eigenvalue weighted by atomic mass is 9.78. The molecule has 6 atom stereocenters. The molecule has 2 bridgehead atoms. The second-order valence-electron chi connectivity index (χ2n) is 8.04. The number of rotatable bonds is 2. The fraction of sp³-hybridized carbons (Fsp3) is 0.833. The van der Waals surface area contributed by atoms with Crippen LogP contribution in [-0.4, -0.2) is 15.8 Å². The van der Waals surface area contributed by atoms with E-state index >= 15 is 0 Å². The van der Waals surface area contributed by atoms with Crippen LogP contribution in [0.4, 0.5) is 0 Å². The fourth-order valence-corrected chi connectivity index (χ4v) is 6.40. The Kier molecular flexibility index (Phi) is 2.77. The van der Waals surface area contributed by atoms with Crippen molar-refractivity contribution in [3.8, 4) is 0 Å². The van der Waals surface area contributed by atoms with E-state index in [1.807, 2.05) is 0 Å². The van der Waals surface area contributed by atoms with Crippen molar-refractivity contribution in [2.24, 2.45) is 30.7 Å². The van der Waals surface area contributed by atoms with E-state index in [4.69, 9.17) is 0 Å². The molecule has 3 heteroatoms.